The van der Waals surface area contributed by atoms with Crippen LogP contribution >= 0.6 is 23.4 Å². The normalized spacial score (nSPS) is 26.4. The van der Waals surface area contributed by atoms with E-state index in [1.165, 1.54) is 23.9 Å². The number of rotatable bonds is 3. The summed E-state index contributed by atoms with van der Waals surface area (Å²) in [5.74, 6) is -0.691. The molecule has 25 heavy (non-hydrogen) atoms. The van der Waals surface area contributed by atoms with E-state index in [0.717, 1.165) is 0 Å². The summed E-state index contributed by atoms with van der Waals surface area (Å²) >= 11 is 7.02. The first-order chi connectivity index (χ1) is 11.7. The van der Waals surface area contributed by atoms with Gasteiger partial charge in [0.05, 0.1) is 22.6 Å². The van der Waals surface area contributed by atoms with Crippen LogP contribution in [0.25, 0.3) is 0 Å². The van der Waals surface area contributed by atoms with Crippen LogP contribution in [0.3, 0.4) is 0 Å². The molecule has 2 aliphatic rings. The lowest BCUT2D eigenvalue weighted by Gasteiger charge is -2.24. The van der Waals surface area contributed by atoms with E-state index in [1.807, 2.05) is 13.8 Å². The van der Waals surface area contributed by atoms with E-state index in [4.69, 9.17) is 11.6 Å². The molecule has 2 heterocycles. The van der Waals surface area contributed by atoms with Gasteiger partial charge in [-0.05, 0) is 24.1 Å². The first kappa shape index (κ1) is 18.7. The largest absolute Gasteiger partial charge is 0.315 e. The number of benzene rings is 1. The van der Waals surface area contributed by atoms with Gasteiger partial charge in [-0.1, -0.05) is 37.2 Å². The molecule has 2 atom stereocenters. The number of amidine groups is 1. The number of anilines is 1. The van der Waals surface area contributed by atoms with Crippen molar-refractivity contribution in [1.29, 1.82) is 0 Å². The molecule has 0 spiro atoms. The Bertz CT molecular complexity index is 842. The smallest absolute Gasteiger partial charge is 0.248 e. The van der Waals surface area contributed by atoms with Crippen LogP contribution in [0.2, 0.25) is 5.02 Å². The first-order valence-corrected chi connectivity index (χ1v) is 11.0. The number of carbonyl (C=O) groups excluding carboxylic acids is 1. The maximum absolute atomic E-state index is 13.9. The summed E-state index contributed by atoms with van der Waals surface area (Å²) in [5, 5.41) is 0.201. The number of amides is 1. The zero-order valence-electron chi connectivity index (χ0n) is 13.8. The number of sulfone groups is 1. The van der Waals surface area contributed by atoms with E-state index in [9.17, 15) is 17.6 Å². The molecule has 1 amide bonds. The number of fused-ring (bicyclic) bond motifs is 1. The highest BCUT2D eigenvalue weighted by Crippen LogP contribution is 2.41. The lowest BCUT2D eigenvalue weighted by molar-refractivity contribution is -0.118. The Morgan fingerprint density at radius 3 is 2.80 bits per heavy atom. The number of nitrogens with zero attached hydrogens (tertiary/aromatic N) is 2. The molecule has 2 aliphatic heterocycles. The second kappa shape index (κ2) is 6.89. The van der Waals surface area contributed by atoms with Gasteiger partial charge in [0, 0.05) is 17.4 Å². The molecule has 136 valence electrons. The molecule has 1 aromatic rings. The number of aliphatic imine (C=N–C) groups is 1. The van der Waals surface area contributed by atoms with Gasteiger partial charge in [0.25, 0.3) is 0 Å². The highest BCUT2D eigenvalue weighted by molar-refractivity contribution is 8.16. The molecule has 1 aromatic carbocycles. The SMILES string of the molecule is CC(C)CC(=O)N=C1S[C@@H]2CS(=O)(=O)C[C@@H]2N1c1ccc(Cl)c(F)c1. The van der Waals surface area contributed by atoms with E-state index in [0.29, 0.717) is 17.3 Å². The molecule has 2 saturated heterocycles. The zero-order valence-corrected chi connectivity index (χ0v) is 16.2. The van der Waals surface area contributed by atoms with Crippen molar-refractivity contribution in [3.8, 4) is 0 Å². The fraction of sp³-hybridized carbons (Fsp3) is 0.500. The Balaban J connectivity index is 1.99. The van der Waals surface area contributed by atoms with E-state index >= 15 is 0 Å². The van der Waals surface area contributed by atoms with E-state index < -0.39 is 15.7 Å². The van der Waals surface area contributed by atoms with E-state index in [2.05, 4.69) is 4.99 Å². The van der Waals surface area contributed by atoms with Gasteiger partial charge in [-0.15, -0.1) is 0 Å². The Hall–Kier alpha value is -1.12. The second-order valence-corrected chi connectivity index (χ2v) is 10.4. The number of hydrogen-bond acceptors (Lipinski definition) is 4. The minimum absolute atomic E-state index is 0.0134. The third-order valence-corrected chi connectivity index (χ3v) is 7.57. The standard InChI is InChI=1S/C16H18ClFN2O3S2/c1-9(2)5-15(21)19-16-20(10-3-4-11(17)12(18)6-10)13-7-25(22,23)8-14(13)24-16/h3-4,6,9,13-14H,5,7-8H2,1-2H3/t13-,14+/m0/s1. The summed E-state index contributed by atoms with van der Waals surface area (Å²) in [7, 11) is -3.16. The molecule has 5 nitrogen and oxygen atoms in total. The molecular formula is C16H18ClFN2O3S2. The lowest BCUT2D eigenvalue weighted by atomic mass is 10.1. The minimum atomic E-state index is -3.16. The van der Waals surface area contributed by atoms with Crippen LogP contribution in [0.5, 0.6) is 0 Å². The van der Waals surface area contributed by atoms with Crippen LogP contribution in [0.15, 0.2) is 23.2 Å². The van der Waals surface area contributed by atoms with Gasteiger partial charge in [0.1, 0.15) is 5.82 Å². The summed E-state index contributed by atoms with van der Waals surface area (Å²) < 4.78 is 37.8. The maximum atomic E-state index is 13.9. The van der Waals surface area contributed by atoms with Crippen LogP contribution in [-0.4, -0.2) is 42.3 Å². The van der Waals surface area contributed by atoms with Crippen LogP contribution in [0.1, 0.15) is 20.3 Å². The number of thioether (sulfide) groups is 1. The molecule has 9 heteroatoms. The van der Waals surface area contributed by atoms with Crippen molar-refractivity contribution in [2.45, 2.75) is 31.6 Å². The predicted octanol–water partition coefficient (Wildman–Crippen LogP) is 3.13. The van der Waals surface area contributed by atoms with Crippen LogP contribution in [0.4, 0.5) is 10.1 Å². The lowest BCUT2D eigenvalue weighted by Crippen LogP contribution is -2.37. The average Bonchev–Trinajstić information content (AvgIpc) is 2.92. The average molecular weight is 405 g/mol. The molecule has 3 rings (SSSR count). The number of halogens is 2. The van der Waals surface area contributed by atoms with Gasteiger partial charge in [-0.3, -0.25) is 4.79 Å². The number of hydrogen-bond donors (Lipinski definition) is 0. The van der Waals surface area contributed by atoms with Gasteiger partial charge < -0.3 is 4.90 Å². The van der Waals surface area contributed by atoms with Gasteiger partial charge in [-0.2, -0.15) is 4.99 Å². The molecule has 0 aliphatic carbocycles. The van der Waals surface area contributed by atoms with Gasteiger partial charge in [0.2, 0.25) is 5.91 Å². The molecular weight excluding hydrogens is 387 g/mol. The van der Waals surface area contributed by atoms with Gasteiger partial charge in [-0.25, -0.2) is 12.8 Å². The molecule has 0 bridgehead atoms. The third kappa shape index (κ3) is 4.01. The van der Waals surface area contributed by atoms with Crippen molar-refractivity contribution in [2.24, 2.45) is 10.9 Å². The molecule has 0 unspecified atom stereocenters. The zero-order chi connectivity index (χ0) is 18.4. The van der Waals surface area contributed by atoms with E-state index in [-0.39, 0.29) is 39.6 Å². The topological polar surface area (TPSA) is 66.8 Å². The monoisotopic (exact) mass is 404 g/mol. The highest BCUT2D eigenvalue weighted by Gasteiger charge is 2.49. The van der Waals surface area contributed by atoms with Crippen molar-refractivity contribution < 1.29 is 17.6 Å². The number of carbonyl (C=O) groups is 1. The molecule has 0 N–H and O–H groups in total. The quantitative estimate of drug-likeness (QED) is 0.774. The Kier molecular flexibility index (Phi) is 5.14. The molecule has 0 aromatic heterocycles. The Morgan fingerprint density at radius 1 is 1.44 bits per heavy atom. The van der Waals surface area contributed by atoms with Gasteiger partial charge in [0.15, 0.2) is 15.0 Å². The molecule has 0 radical (unpaired) electrons. The van der Waals surface area contributed by atoms with Crippen LogP contribution in [0, 0.1) is 11.7 Å². The maximum Gasteiger partial charge on any atom is 0.248 e. The second-order valence-electron chi connectivity index (χ2n) is 6.66. The fourth-order valence-corrected chi connectivity index (χ4v) is 7.05. The van der Waals surface area contributed by atoms with Crippen molar-refractivity contribution in [1.82, 2.24) is 0 Å². The first-order valence-electron chi connectivity index (χ1n) is 7.89. The van der Waals surface area contributed by atoms with Crippen LogP contribution < -0.4 is 4.90 Å². The Morgan fingerprint density at radius 2 is 2.16 bits per heavy atom. The highest BCUT2D eigenvalue weighted by atomic mass is 35.5. The third-order valence-electron chi connectivity index (χ3n) is 4.05. The molecule has 0 saturated carbocycles. The predicted molar refractivity (Wildman–Crippen MR) is 99.6 cm³/mol. The fourth-order valence-electron chi connectivity index (χ4n) is 3.00. The van der Waals surface area contributed by atoms with Crippen molar-refractivity contribution in [3.05, 3.63) is 29.0 Å². The van der Waals surface area contributed by atoms with Crippen molar-refractivity contribution in [3.63, 3.8) is 0 Å². The summed E-state index contributed by atoms with van der Waals surface area (Å²) in [4.78, 5) is 18.0. The molecule has 2 fully saturated rings. The van der Waals surface area contributed by atoms with Crippen LogP contribution in [-0.2, 0) is 14.6 Å². The summed E-state index contributed by atoms with van der Waals surface area (Å²) in [6, 6.07) is 3.92. The van der Waals surface area contributed by atoms with E-state index in [1.54, 1.807) is 11.0 Å². The minimum Gasteiger partial charge on any atom is -0.315 e. The summed E-state index contributed by atoms with van der Waals surface area (Å²) in [6.07, 6.45) is 0.306. The Labute approximate surface area is 155 Å². The summed E-state index contributed by atoms with van der Waals surface area (Å²) in [6.45, 7) is 3.85. The van der Waals surface area contributed by atoms with Gasteiger partial charge >= 0.3 is 0 Å². The van der Waals surface area contributed by atoms with Crippen molar-refractivity contribution >= 4 is 50.0 Å². The summed E-state index contributed by atoms with van der Waals surface area (Å²) in [5.41, 5.74) is 0.454. The van der Waals surface area contributed by atoms with Crippen molar-refractivity contribution in [2.75, 3.05) is 16.4 Å².